The first kappa shape index (κ1) is 46.1. The predicted octanol–water partition coefficient (Wildman–Crippen LogP) is 8.27. The van der Waals surface area contributed by atoms with Gasteiger partial charge >= 0.3 is 12.2 Å². The first-order chi connectivity index (χ1) is 32.9. The number of alkyl carbamates (subject to hydrolysis) is 2. The summed E-state index contributed by atoms with van der Waals surface area (Å²) in [5.41, 5.74) is 6.58. The van der Waals surface area contributed by atoms with Crippen LogP contribution in [0.3, 0.4) is 0 Å². The van der Waals surface area contributed by atoms with E-state index in [0.717, 1.165) is 62.6 Å². The lowest BCUT2D eigenvalue weighted by molar-refractivity contribution is -0.137. The molecule has 6 aromatic rings. The summed E-state index contributed by atoms with van der Waals surface area (Å²) in [6, 6.07) is 21.0. The number of amides is 4. The monoisotopic (exact) mass is 926 g/mol. The number of carbonyl (C=O) groups is 4. The van der Waals surface area contributed by atoms with Crippen LogP contribution in [0.25, 0.3) is 44.2 Å². The molecule has 0 bridgehead atoms. The molecule has 0 aliphatic carbocycles. The number of aromatic amines is 2. The second kappa shape index (κ2) is 19.3. The third kappa shape index (κ3) is 8.71. The van der Waals surface area contributed by atoms with Gasteiger partial charge in [0.1, 0.15) is 29.5 Å². The zero-order chi connectivity index (χ0) is 47.8. The van der Waals surface area contributed by atoms with Crippen LogP contribution in [0.5, 0.6) is 5.75 Å². The highest BCUT2D eigenvalue weighted by atomic mass is 16.7. The Hall–Kier alpha value is -6.98. The van der Waals surface area contributed by atoms with Gasteiger partial charge in [-0.3, -0.25) is 9.59 Å². The zero-order valence-corrected chi connectivity index (χ0v) is 39.3. The summed E-state index contributed by atoms with van der Waals surface area (Å²) >= 11 is 0. The topological polar surface area (TPSA) is 202 Å². The van der Waals surface area contributed by atoms with E-state index in [1.54, 1.807) is 30.3 Å². The third-order valence-electron chi connectivity index (χ3n) is 13.5. The van der Waals surface area contributed by atoms with Crippen molar-refractivity contribution in [1.82, 2.24) is 40.4 Å². The van der Waals surface area contributed by atoms with Crippen molar-refractivity contribution >= 4 is 45.8 Å². The first-order valence-electron chi connectivity index (χ1n) is 23.2. The van der Waals surface area contributed by atoms with Gasteiger partial charge in [0, 0.05) is 54.3 Å². The van der Waals surface area contributed by atoms with Gasteiger partial charge in [0.2, 0.25) is 12.2 Å². The predicted molar refractivity (Wildman–Crippen MR) is 253 cm³/mol. The summed E-state index contributed by atoms with van der Waals surface area (Å²) in [4.78, 5) is 73.8. The first-order valence-corrected chi connectivity index (χ1v) is 23.2. The molecule has 4 amide bonds. The number of benzene rings is 4. The Morgan fingerprint density at radius 1 is 0.868 bits per heavy atom. The molecule has 2 saturated heterocycles. The van der Waals surface area contributed by atoms with E-state index in [4.69, 9.17) is 33.7 Å². The lowest BCUT2D eigenvalue weighted by atomic mass is 9.91. The SMILES string of the molecule is CCOC1Oc2cc3c(ccc4[nH]c([C@@H]5CC[C@H](C)N5C(=O)[C@@H](NC(=O)OC)C(C)C)nc43)cc2-c2ccc(-c3cnc([C@@H]4C[C@H](COC)CN4C(=O)[C@H](NC(=O)OC)c4ccccc4)[nH]3)cc21. The second-order valence-electron chi connectivity index (χ2n) is 18.1. The molecule has 0 radical (unpaired) electrons. The number of aromatic nitrogens is 4. The number of hydrogen-bond acceptors (Lipinski definition) is 11. The highest BCUT2D eigenvalue weighted by Crippen LogP contribution is 2.47. The molecule has 17 nitrogen and oxygen atoms in total. The molecule has 0 saturated carbocycles. The second-order valence-corrected chi connectivity index (χ2v) is 18.1. The van der Waals surface area contributed by atoms with Crippen LogP contribution in [-0.4, -0.2) is 107 Å². The Kier molecular flexibility index (Phi) is 13.1. The molecule has 1 unspecified atom stereocenters. The largest absolute Gasteiger partial charge is 0.460 e. The maximum atomic E-state index is 14.4. The summed E-state index contributed by atoms with van der Waals surface area (Å²) in [6.07, 6.45) is 1.84. The fourth-order valence-electron chi connectivity index (χ4n) is 10.1. The molecule has 17 heteroatoms. The van der Waals surface area contributed by atoms with Crippen LogP contribution < -0.4 is 15.4 Å². The average molecular weight is 927 g/mol. The Morgan fingerprint density at radius 2 is 1.65 bits per heavy atom. The van der Waals surface area contributed by atoms with Gasteiger partial charge in [-0.1, -0.05) is 62.4 Å². The summed E-state index contributed by atoms with van der Waals surface area (Å²) in [7, 11) is 4.21. The zero-order valence-electron chi connectivity index (χ0n) is 39.3. The Balaban J connectivity index is 1.01. The minimum Gasteiger partial charge on any atom is -0.460 e. The molecule has 7 atom stereocenters. The molecule has 0 spiro atoms. The highest BCUT2D eigenvalue weighted by Gasteiger charge is 2.43. The molecule has 2 aromatic heterocycles. The number of nitrogens with zero attached hydrogens (tertiary/aromatic N) is 4. The Bertz CT molecular complexity index is 2840. The van der Waals surface area contributed by atoms with Gasteiger partial charge in [0.15, 0.2) is 0 Å². The lowest BCUT2D eigenvalue weighted by Gasteiger charge is -2.32. The molecular weight excluding hydrogens is 869 g/mol. The maximum Gasteiger partial charge on any atom is 0.407 e. The van der Waals surface area contributed by atoms with Gasteiger partial charge in [0.05, 0.1) is 55.8 Å². The van der Waals surface area contributed by atoms with Crippen molar-refractivity contribution in [2.45, 2.75) is 83.5 Å². The average Bonchev–Trinajstić information content (AvgIpc) is 4.18. The van der Waals surface area contributed by atoms with Crippen LogP contribution in [-0.2, 0) is 28.5 Å². The number of methoxy groups -OCH3 is 3. The van der Waals surface area contributed by atoms with Crippen LogP contribution in [0.15, 0.2) is 79.0 Å². The third-order valence-corrected chi connectivity index (χ3v) is 13.5. The van der Waals surface area contributed by atoms with Gasteiger partial charge < -0.3 is 54.1 Å². The maximum absolute atomic E-state index is 14.4. The van der Waals surface area contributed by atoms with Gasteiger partial charge in [-0.25, -0.2) is 19.6 Å². The van der Waals surface area contributed by atoms with E-state index in [2.05, 4.69) is 44.9 Å². The summed E-state index contributed by atoms with van der Waals surface area (Å²) in [5.74, 6) is 1.41. The molecule has 2 fully saturated rings. The van der Waals surface area contributed by atoms with E-state index >= 15 is 0 Å². The molecule has 3 aliphatic heterocycles. The highest BCUT2D eigenvalue weighted by molar-refractivity contribution is 6.07. The van der Waals surface area contributed by atoms with Crippen molar-refractivity contribution in [2.75, 3.05) is 41.1 Å². The Morgan fingerprint density at radius 3 is 2.38 bits per heavy atom. The smallest absolute Gasteiger partial charge is 0.407 e. The van der Waals surface area contributed by atoms with Gasteiger partial charge in [0.25, 0.3) is 5.91 Å². The number of nitrogens with one attached hydrogen (secondary N) is 4. The summed E-state index contributed by atoms with van der Waals surface area (Å²) in [6.45, 7) is 9.05. The van der Waals surface area contributed by atoms with E-state index in [9.17, 15) is 19.2 Å². The number of carbonyl (C=O) groups excluding carboxylic acids is 4. The van der Waals surface area contributed by atoms with Crippen molar-refractivity contribution in [3.05, 3.63) is 102 Å². The van der Waals surface area contributed by atoms with E-state index < -0.39 is 36.6 Å². The van der Waals surface area contributed by atoms with Crippen LogP contribution in [0, 0.1) is 11.8 Å². The van der Waals surface area contributed by atoms with Crippen molar-refractivity contribution in [3.8, 4) is 28.1 Å². The van der Waals surface area contributed by atoms with E-state index in [-0.39, 0.29) is 35.7 Å². The molecule has 3 aliphatic rings. The standard InChI is InChI=1S/C51H58N8O9/c1-8-67-49-36-22-32(38-24-52-45(54-38)40-20-29(26-64-5)25-58(40)47(60)43(57-51(63)66-7)30-12-10-9-11-13-30)15-17-33(36)35-21-31-16-18-37-44(34(31)23-41(35)68-49)55-46(53-37)39-19-14-28(4)59(39)48(61)42(27(2)3)56-50(62)65-6/h9-13,15-18,21-24,27-29,39-40,42-43,49H,8,14,19-20,25-26H2,1-7H3,(H,52,54)(H,53,55)(H,56,62)(H,57,63)/t28-,29-,39-,40-,42-,43+,49?/m0/s1. The van der Waals surface area contributed by atoms with Crippen molar-refractivity contribution in [3.63, 3.8) is 0 Å². The molecule has 5 heterocycles. The van der Waals surface area contributed by atoms with Crippen molar-refractivity contribution < 1.29 is 42.9 Å². The number of H-pyrrole nitrogens is 2. The van der Waals surface area contributed by atoms with E-state index in [0.29, 0.717) is 49.1 Å². The summed E-state index contributed by atoms with van der Waals surface area (Å²) in [5, 5.41) is 7.34. The fourth-order valence-corrected chi connectivity index (χ4v) is 10.1. The number of hydrogen-bond donors (Lipinski definition) is 4. The molecule has 4 aromatic carbocycles. The molecule has 9 rings (SSSR count). The minimum absolute atomic E-state index is 0.0465. The van der Waals surface area contributed by atoms with Crippen LogP contribution in [0.2, 0.25) is 0 Å². The Labute approximate surface area is 394 Å². The molecule has 68 heavy (non-hydrogen) atoms. The normalized spacial score (nSPS) is 20.7. The lowest BCUT2D eigenvalue weighted by Crippen LogP contribution is -2.52. The number of likely N-dealkylation sites (tertiary alicyclic amines) is 2. The van der Waals surface area contributed by atoms with Crippen LogP contribution in [0.1, 0.15) is 94.1 Å². The van der Waals surface area contributed by atoms with Crippen molar-refractivity contribution in [2.24, 2.45) is 11.8 Å². The van der Waals surface area contributed by atoms with E-state index in [1.807, 2.05) is 69.0 Å². The molecule has 4 N–H and O–H groups in total. The number of ether oxygens (including phenoxy) is 5. The van der Waals surface area contributed by atoms with Crippen molar-refractivity contribution in [1.29, 1.82) is 0 Å². The fraction of sp³-hybridized carbons (Fsp3) is 0.412. The van der Waals surface area contributed by atoms with Gasteiger partial charge in [-0.2, -0.15) is 0 Å². The van der Waals surface area contributed by atoms with E-state index in [1.165, 1.54) is 14.2 Å². The van der Waals surface area contributed by atoms with Gasteiger partial charge in [-0.05, 0) is 79.8 Å². The number of fused-ring (bicyclic) bond motifs is 6. The quantitative estimate of drug-likeness (QED) is 0.0869. The molecule has 356 valence electrons. The molecular formula is C51H58N8O9. The van der Waals surface area contributed by atoms with Crippen LogP contribution in [0.4, 0.5) is 9.59 Å². The minimum atomic E-state index is -0.966. The van der Waals surface area contributed by atoms with Gasteiger partial charge in [-0.15, -0.1) is 0 Å². The number of imidazole rings is 2. The summed E-state index contributed by atoms with van der Waals surface area (Å²) < 4.78 is 28.2. The number of rotatable bonds is 13. The van der Waals surface area contributed by atoms with Crippen LogP contribution >= 0.6 is 0 Å².